The lowest BCUT2D eigenvalue weighted by molar-refractivity contribution is -0.116. The number of nitrogens with one attached hydrogen (secondary N) is 1. The Balaban J connectivity index is 1.89. The summed E-state index contributed by atoms with van der Waals surface area (Å²) in [6, 6.07) is 8.34. The molecule has 2 aromatic rings. The summed E-state index contributed by atoms with van der Waals surface area (Å²) in [4.78, 5) is 23.0. The molecule has 0 bridgehead atoms. The molecular weight excluding hydrogens is 266 g/mol. The highest BCUT2D eigenvalue weighted by Gasteiger charge is 2.04. The molecule has 1 heterocycles. The summed E-state index contributed by atoms with van der Waals surface area (Å²) in [5, 5.41) is 3.68. The molecule has 0 aliphatic rings. The van der Waals surface area contributed by atoms with Crippen LogP contribution in [0.25, 0.3) is 11.0 Å². The SMILES string of the molecule is CCCCCCCC(=O)Nc1ccc2oc(=O)ccc2c1. The van der Waals surface area contributed by atoms with E-state index < -0.39 is 0 Å². The number of carbonyl (C=O) groups is 1. The number of fused-ring (bicyclic) bond motifs is 1. The molecule has 112 valence electrons. The number of carbonyl (C=O) groups excluding carboxylic acids is 1. The van der Waals surface area contributed by atoms with Crippen LogP contribution in [0.4, 0.5) is 5.69 Å². The summed E-state index contributed by atoms with van der Waals surface area (Å²) >= 11 is 0. The molecule has 0 atom stereocenters. The average Bonchev–Trinajstić information content (AvgIpc) is 2.47. The maximum absolute atomic E-state index is 11.9. The van der Waals surface area contributed by atoms with E-state index in [1.54, 1.807) is 18.2 Å². The quantitative estimate of drug-likeness (QED) is 0.616. The van der Waals surface area contributed by atoms with Crippen molar-refractivity contribution in [3.63, 3.8) is 0 Å². The second kappa shape index (κ2) is 7.62. The van der Waals surface area contributed by atoms with E-state index in [1.165, 1.54) is 25.3 Å². The van der Waals surface area contributed by atoms with E-state index in [-0.39, 0.29) is 11.5 Å². The molecule has 2 rings (SSSR count). The molecule has 0 saturated heterocycles. The van der Waals surface area contributed by atoms with Crippen LogP contribution >= 0.6 is 0 Å². The molecule has 1 aromatic carbocycles. The molecule has 1 aromatic heterocycles. The van der Waals surface area contributed by atoms with Crippen molar-refractivity contribution in [3.05, 3.63) is 40.8 Å². The minimum Gasteiger partial charge on any atom is -0.423 e. The van der Waals surface area contributed by atoms with Gasteiger partial charge in [0.15, 0.2) is 0 Å². The lowest BCUT2D eigenvalue weighted by Gasteiger charge is -2.06. The van der Waals surface area contributed by atoms with Gasteiger partial charge in [0.1, 0.15) is 5.58 Å². The fourth-order valence-electron chi connectivity index (χ4n) is 2.26. The van der Waals surface area contributed by atoms with Gasteiger partial charge in [0, 0.05) is 23.6 Å². The first-order valence-corrected chi connectivity index (χ1v) is 7.53. The number of rotatable bonds is 7. The van der Waals surface area contributed by atoms with E-state index in [0.717, 1.165) is 23.9 Å². The summed E-state index contributed by atoms with van der Waals surface area (Å²) < 4.78 is 5.06. The summed E-state index contributed by atoms with van der Waals surface area (Å²) in [6.45, 7) is 2.18. The monoisotopic (exact) mass is 287 g/mol. The summed E-state index contributed by atoms with van der Waals surface area (Å²) in [5.41, 5.74) is 0.890. The van der Waals surface area contributed by atoms with Gasteiger partial charge in [-0.05, 0) is 30.7 Å². The van der Waals surface area contributed by atoms with Gasteiger partial charge in [-0.1, -0.05) is 32.6 Å². The van der Waals surface area contributed by atoms with Crippen molar-refractivity contribution in [2.75, 3.05) is 5.32 Å². The van der Waals surface area contributed by atoms with Gasteiger partial charge in [-0.15, -0.1) is 0 Å². The molecule has 0 radical (unpaired) electrons. The highest BCUT2D eigenvalue weighted by Crippen LogP contribution is 2.18. The fraction of sp³-hybridized carbons (Fsp3) is 0.412. The van der Waals surface area contributed by atoms with Crippen molar-refractivity contribution in [1.82, 2.24) is 0 Å². The molecule has 4 heteroatoms. The lowest BCUT2D eigenvalue weighted by Crippen LogP contribution is -2.11. The topological polar surface area (TPSA) is 59.3 Å². The molecule has 0 aliphatic carbocycles. The highest BCUT2D eigenvalue weighted by atomic mass is 16.4. The van der Waals surface area contributed by atoms with Crippen molar-refractivity contribution < 1.29 is 9.21 Å². The van der Waals surface area contributed by atoms with E-state index in [1.807, 2.05) is 6.07 Å². The van der Waals surface area contributed by atoms with Crippen LogP contribution in [0.5, 0.6) is 0 Å². The standard InChI is InChI=1S/C17H21NO3/c1-2-3-4-5-6-7-16(19)18-14-9-10-15-13(12-14)8-11-17(20)21-15/h8-12H,2-7H2,1H3,(H,18,19). The Labute approximate surface area is 124 Å². The van der Waals surface area contributed by atoms with Crippen LogP contribution in [0.3, 0.4) is 0 Å². The number of unbranched alkanes of at least 4 members (excludes halogenated alkanes) is 4. The second-order valence-electron chi connectivity index (χ2n) is 5.22. The molecule has 0 unspecified atom stereocenters. The van der Waals surface area contributed by atoms with Gasteiger partial charge in [-0.25, -0.2) is 4.79 Å². The number of hydrogen-bond donors (Lipinski definition) is 1. The van der Waals surface area contributed by atoms with Crippen LogP contribution in [-0.2, 0) is 4.79 Å². The number of hydrogen-bond acceptors (Lipinski definition) is 3. The van der Waals surface area contributed by atoms with E-state index in [0.29, 0.717) is 12.0 Å². The summed E-state index contributed by atoms with van der Waals surface area (Å²) in [5.74, 6) is 0.0308. The predicted molar refractivity (Wildman–Crippen MR) is 84.5 cm³/mol. The van der Waals surface area contributed by atoms with Crippen LogP contribution < -0.4 is 10.9 Å². The first kappa shape index (κ1) is 15.3. The van der Waals surface area contributed by atoms with Crippen LogP contribution in [0.15, 0.2) is 39.5 Å². The van der Waals surface area contributed by atoms with E-state index in [9.17, 15) is 9.59 Å². The molecule has 0 spiro atoms. The maximum Gasteiger partial charge on any atom is 0.336 e. The first-order valence-electron chi connectivity index (χ1n) is 7.53. The van der Waals surface area contributed by atoms with Crippen molar-refractivity contribution in [1.29, 1.82) is 0 Å². The van der Waals surface area contributed by atoms with Crippen molar-refractivity contribution in [2.24, 2.45) is 0 Å². The highest BCUT2D eigenvalue weighted by molar-refractivity contribution is 5.93. The van der Waals surface area contributed by atoms with Crippen LogP contribution in [-0.4, -0.2) is 5.91 Å². The van der Waals surface area contributed by atoms with Gasteiger partial charge in [-0.3, -0.25) is 4.79 Å². The van der Waals surface area contributed by atoms with Crippen molar-refractivity contribution in [3.8, 4) is 0 Å². The van der Waals surface area contributed by atoms with Gasteiger partial charge in [0.25, 0.3) is 0 Å². The number of anilines is 1. The third kappa shape index (κ3) is 4.74. The Morgan fingerprint density at radius 3 is 2.71 bits per heavy atom. The summed E-state index contributed by atoms with van der Waals surface area (Å²) in [6.07, 6.45) is 6.21. The maximum atomic E-state index is 11.9. The van der Waals surface area contributed by atoms with E-state index >= 15 is 0 Å². The normalized spacial score (nSPS) is 10.7. The molecule has 4 nitrogen and oxygen atoms in total. The average molecular weight is 287 g/mol. The van der Waals surface area contributed by atoms with E-state index in [4.69, 9.17) is 4.42 Å². The molecular formula is C17H21NO3. The molecule has 0 fully saturated rings. The Morgan fingerprint density at radius 2 is 1.90 bits per heavy atom. The largest absolute Gasteiger partial charge is 0.423 e. The Bertz CT molecular complexity index is 660. The number of amides is 1. The minimum absolute atomic E-state index is 0.0308. The predicted octanol–water partition coefficient (Wildman–Crippen LogP) is 4.09. The van der Waals surface area contributed by atoms with Gasteiger partial charge in [-0.2, -0.15) is 0 Å². The van der Waals surface area contributed by atoms with E-state index in [2.05, 4.69) is 12.2 Å². The van der Waals surface area contributed by atoms with Crippen LogP contribution in [0.2, 0.25) is 0 Å². The zero-order valence-electron chi connectivity index (χ0n) is 12.4. The van der Waals surface area contributed by atoms with Crippen LogP contribution in [0.1, 0.15) is 45.4 Å². The Kier molecular flexibility index (Phi) is 5.55. The molecule has 0 aliphatic heterocycles. The van der Waals surface area contributed by atoms with Crippen molar-refractivity contribution in [2.45, 2.75) is 45.4 Å². The zero-order chi connectivity index (χ0) is 15.1. The zero-order valence-corrected chi connectivity index (χ0v) is 12.4. The van der Waals surface area contributed by atoms with Gasteiger partial charge in [0.05, 0.1) is 0 Å². The van der Waals surface area contributed by atoms with Crippen molar-refractivity contribution >= 4 is 22.6 Å². The molecule has 1 amide bonds. The first-order chi connectivity index (χ1) is 10.2. The van der Waals surface area contributed by atoms with Gasteiger partial charge in [0.2, 0.25) is 5.91 Å². The minimum atomic E-state index is -0.369. The lowest BCUT2D eigenvalue weighted by atomic mass is 10.1. The molecule has 21 heavy (non-hydrogen) atoms. The third-order valence-corrected chi connectivity index (χ3v) is 3.41. The number of benzene rings is 1. The Morgan fingerprint density at radius 1 is 1.10 bits per heavy atom. The molecule has 1 N–H and O–H groups in total. The Hall–Kier alpha value is -2.10. The smallest absolute Gasteiger partial charge is 0.336 e. The molecule has 0 saturated carbocycles. The van der Waals surface area contributed by atoms with Gasteiger partial charge >= 0.3 is 5.63 Å². The van der Waals surface area contributed by atoms with Crippen LogP contribution in [0, 0.1) is 0 Å². The van der Waals surface area contributed by atoms with Gasteiger partial charge < -0.3 is 9.73 Å². The second-order valence-corrected chi connectivity index (χ2v) is 5.22. The fourth-order valence-corrected chi connectivity index (χ4v) is 2.26. The summed E-state index contributed by atoms with van der Waals surface area (Å²) in [7, 11) is 0. The third-order valence-electron chi connectivity index (χ3n) is 3.41.